The van der Waals surface area contributed by atoms with Crippen molar-refractivity contribution in [3.05, 3.63) is 34.9 Å². The summed E-state index contributed by atoms with van der Waals surface area (Å²) < 4.78 is 17.6. The van der Waals surface area contributed by atoms with Gasteiger partial charge in [-0.15, -0.1) is 0 Å². The molecule has 1 aromatic carbocycles. The Morgan fingerprint density at radius 1 is 1.09 bits per heavy atom. The molecular weight excluding hydrogens is 470 g/mol. The molecule has 192 valence electrons. The first-order valence-electron chi connectivity index (χ1n) is 12.1. The zero-order chi connectivity index (χ0) is 25.9. The van der Waals surface area contributed by atoms with Crippen molar-refractivity contribution in [2.45, 2.75) is 97.1 Å². The average molecular weight is 512 g/mol. The molecule has 0 saturated carbocycles. The van der Waals surface area contributed by atoms with Crippen LogP contribution >= 0.6 is 11.6 Å². The third-order valence-corrected chi connectivity index (χ3v) is 11.5. The van der Waals surface area contributed by atoms with Gasteiger partial charge in [0.2, 0.25) is 0 Å². The fraction of sp³-hybridized carbons (Fsp3) is 0.692. The summed E-state index contributed by atoms with van der Waals surface area (Å²) in [6, 6.07) is 6.90. The van der Waals surface area contributed by atoms with E-state index < -0.39 is 20.0 Å². The number of hydrogen-bond donors (Lipinski definition) is 0. The minimum Gasteiger partial charge on any atom is -0.466 e. The first kappa shape index (κ1) is 28.7. The first-order chi connectivity index (χ1) is 15.6. The van der Waals surface area contributed by atoms with Crippen molar-refractivity contribution < 1.29 is 23.5 Å². The van der Waals surface area contributed by atoms with E-state index in [4.69, 9.17) is 25.5 Å². The number of esters is 1. The second-order valence-corrected chi connectivity index (χ2v) is 16.9. The summed E-state index contributed by atoms with van der Waals surface area (Å²) in [6.45, 7) is 19.2. The number of benzene rings is 1. The molecule has 1 heterocycles. The molecule has 0 unspecified atom stereocenters. The fourth-order valence-electron chi connectivity index (χ4n) is 4.00. The molecule has 0 N–H and O–H groups in total. The first-order valence-corrected chi connectivity index (χ1v) is 15.4. The van der Waals surface area contributed by atoms with E-state index in [2.05, 4.69) is 33.9 Å². The number of carbonyl (C=O) groups is 2. The predicted molar refractivity (Wildman–Crippen MR) is 139 cm³/mol. The number of carbonyl (C=O) groups excluding carboxylic acids is 2. The zero-order valence-electron chi connectivity index (χ0n) is 22.2. The summed E-state index contributed by atoms with van der Waals surface area (Å²) >= 11 is 6.16. The van der Waals surface area contributed by atoms with Crippen molar-refractivity contribution >= 4 is 32.0 Å². The van der Waals surface area contributed by atoms with Gasteiger partial charge in [0.05, 0.1) is 19.1 Å². The van der Waals surface area contributed by atoms with Gasteiger partial charge in [-0.1, -0.05) is 44.5 Å². The molecule has 0 bridgehead atoms. The van der Waals surface area contributed by atoms with Gasteiger partial charge in [0.1, 0.15) is 5.60 Å². The van der Waals surface area contributed by atoms with Crippen LogP contribution in [0.4, 0.5) is 4.79 Å². The second-order valence-electron chi connectivity index (χ2n) is 11.6. The smallest absolute Gasteiger partial charge is 0.411 e. The topological polar surface area (TPSA) is 65.1 Å². The molecule has 1 fully saturated rings. The lowest BCUT2D eigenvalue weighted by Crippen LogP contribution is -2.44. The number of rotatable bonds is 7. The Bertz CT molecular complexity index is 844. The molecule has 1 aromatic rings. The summed E-state index contributed by atoms with van der Waals surface area (Å²) in [4.78, 5) is 27.6. The fourth-order valence-corrected chi connectivity index (χ4v) is 5.19. The molecule has 34 heavy (non-hydrogen) atoms. The lowest BCUT2D eigenvalue weighted by atomic mass is 9.93. The van der Waals surface area contributed by atoms with Crippen molar-refractivity contribution in [2.75, 3.05) is 13.2 Å². The summed E-state index contributed by atoms with van der Waals surface area (Å²) in [5.41, 5.74) is 0.289. The maximum atomic E-state index is 13.5. The van der Waals surface area contributed by atoms with E-state index in [0.717, 1.165) is 5.56 Å². The van der Waals surface area contributed by atoms with Gasteiger partial charge in [-0.25, -0.2) is 4.79 Å². The van der Waals surface area contributed by atoms with Gasteiger partial charge in [-0.05, 0) is 69.9 Å². The summed E-state index contributed by atoms with van der Waals surface area (Å²) in [6.07, 6.45) is 0.310. The van der Waals surface area contributed by atoms with Gasteiger partial charge in [0.25, 0.3) is 0 Å². The normalized spacial score (nSPS) is 21.5. The number of halogens is 1. The van der Waals surface area contributed by atoms with E-state index in [1.54, 1.807) is 11.8 Å². The highest BCUT2D eigenvalue weighted by atomic mass is 35.5. The lowest BCUT2D eigenvalue weighted by molar-refractivity contribution is -0.144. The van der Waals surface area contributed by atoms with Gasteiger partial charge >= 0.3 is 12.1 Å². The van der Waals surface area contributed by atoms with Crippen molar-refractivity contribution in [3.63, 3.8) is 0 Å². The number of likely N-dealkylation sites (tertiary alicyclic amines) is 1. The van der Waals surface area contributed by atoms with Crippen molar-refractivity contribution in [2.24, 2.45) is 5.92 Å². The highest BCUT2D eigenvalue weighted by Crippen LogP contribution is 2.45. The van der Waals surface area contributed by atoms with Crippen LogP contribution in [0.1, 0.15) is 72.9 Å². The minimum atomic E-state index is -2.01. The summed E-state index contributed by atoms with van der Waals surface area (Å²) in [5.74, 6) is -0.316. The molecule has 6 nitrogen and oxygen atoms in total. The molecule has 1 aliphatic heterocycles. The Kier molecular flexibility index (Phi) is 9.27. The molecule has 1 saturated heterocycles. The van der Waals surface area contributed by atoms with E-state index in [1.165, 1.54) is 0 Å². The van der Waals surface area contributed by atoms with E-state index in [0.29, 0.717) is 24.7 Å². The number of nitrogens with zero attached hydrogens (tertiary/aromatic N) is 1. The molecule has 0 spiro atoms. The molecule has 2 rings (SSSR count). The van der Waals surface area contributed by atoms with Crippen LogP contribution in [-0.4, -0.2) is 50.1 Å². The van der Waals surface area contributed by atoms with Crippen LogP contribution in [0.3, 0.4) is 0 Å². The van der Waals surface area contributed by atoms with Crippen LogP contribution in [0.2, 0.25) is 23.2 Å². The Morgan fingerprint density at radius 3 is 2.18 bits per heavy atom. The van der Waals surface area contributed by atoms with Gasteiger partial charge in [-0.3, -0.25) is 9.69 Å². The average Bonchev–Trinajstić information content (AvgIpc) is 3.03. The molecular formula is C26H42ClNO5Si. The van der Waals surface area contributed by atoms with E-state index >= 15 is 0 Å². The Hall–Kier alpha value is -1.57. The van der Waals surface area contributed by atoms with Crippen LogP contribution in [0.25, 0.3) is 0 Å². The molecule has 1 aliphatic rings. The predicted octanol–water partition coefficient (Wildman–Crippen LogP) is 6.98. The third-order valence-electron chi connectivity index (χ3n) is 6.70. The van der Waals surface area contributed by atoms with Crippen molar-refractivity contribution in [3.8, 4) is 0 Å². The second kappa shape index (κ2) is 11.0. The third kappa shape index (κ3) is 7.46. The van der Waals surface area contributed by atoms with E-state index in [-0.39, 0.29) is 35.4 Å². The van der Waals surface area contributed by atoms with Gasteiger partial charge in [-0.2, -0.15) is 0 Å². The van der Waals surface area contributed by atoms with Gasteiger partial charge < -0.3 is 13.9 Å². The summed E-state index contributed by atoms with van der Waals surface area (Å²) in [5, 5.41) is 0.694. The Balaban J connectivity index is 2.46. The standard InChI is InChI=1S/C26H42ClNO5Si/c1-10-31-22(29)16-21-15-19(17-32-34(8,9)26(5,6)7)23(18-11-13-20(27)14-12-18)28(21)24(30)33-25(2,3)4/h11-14,19,21,23H,10,15-17H2,1-9H3/t19-,21-,23-/m1/s1. The zero-order valence-corrected chi connectivity index (χ0v) is 24.0. The van der Waals surface area contributed by atoms with Crippen LogP contribution in [0, 0.1) is 5.92 Å². The SMILES string of the molecule is CCOC(=O)C[C@H]1C[C@H](CO[Si](C)(C)C(C)(C)C)[C@@H](c2ccc(Cl)cc2)N1C(=O)OC(C)(C)C. The maximum Gasteiger partial charge on any atom is 0.411 e. The van der Waals surface area contributed by atoms with Crippen molar-refractivity contribution in [1.82, 2.24) is 4.90 Å². The molecule has 0 radical (unpaired) electrons. The number of ether oxygens (including phenoxy) is 2. The molecule has 0 aliphatic carbocycles. The van der Waals surface area contributed by atoms with Gasteiger partial charge in [0, 0.05) is 23.6 Å². The largest absolute Gasteiger partial charge is 0.466 e. The van der Waals surface area contributed by atoms with Crippen LogP contribution in [-0.2, 0) is 18.7 Å². The Morgan fingerprint density at radius 2 is 1.68 bits per heavy atom. The quantitative estimate of drug-likeness (QED) is 0.292. The molecule has 0 aromatic heterocycles. The van der Waals surface area contributed by atoms with Crippen molar-refractivity contribution in [1.29, 1.82) is 0 Å². The van der Waals surface area contributed by atoms with Crippen LogP contribution in [0.5, 0.6) is 0 Å². The maximum absolute atomic E-state index is 13.5. The van der Waals surface area contributed by atoms with Crippen LogP contribution in [0.15, 0.2) is 24.3 Å². The minimum absolute atomic E-state index is 0.00208. The molecule has 1 amide bonds. The van der Waals surface area contributed by atoms with E-state index in [9.17, 15) is 9.59 Å². The van der Waals surface area contributed by atoms with Crippen LogP contribution < -0.4 is 0 Å². The number of amides is 1. The summed E-state index contributed by atoms with van der Waals surface area (Å²) in [7, 11) is -2.01. The highest BCUT2D eigenvalue weighted by Gasteiger charge is 2.48. The highest BCUT2D eigenvalue weighted by molar-refractivity contribution is 6.74. The lowest BCUT2D eigenvalue weighted by Gasteiger charge is -2.38. The monoisotopic (exact) mass is 511 g/mol. The molecule has 8 heteroatoms. The number of hydrogen-bond acceptors (Lipinski definition) is 5. The van der Waals surface area contributed by atoms with E-state index in [1.807, 2.05) is 45.0 Å². The Labute approximate surface area is 211 Å². The molecule has 3 atom stereocenters. The van der Waals surface area contributed by atoms with Gasteiger partial charge in [0.15, 0.2) is 8.32 Å².